The lowest BCUT2D eigenvalue weighted by atomic mass is 10.3. The van der Waals surface area contributed by atoms with E-state index >= 15 is 0 Å². The van der Waals surface area contributed by atoms with Crippen LogP contribution in [-0.2, 0) is 0 Å². The van der Waals surface area contributed by atoms with Gasteiger partial charge in [0, 0.05) is 5.69 Å². The number of carboxylic acids is 1. The molecule has 0 fully saturated rings. The van der Waals surface area contributed by atoms with E-state index in [1.54, 1.807) is 0 Å². The maximum absolute atomic E-state index is 12.9. The molecule has 2 rings (SSSR count). The van der Waals surface area contributed by atoms with Crippen molar-refractivity contribution in [1.29, 1.82) is 0 Å². The molecule has 4 nitrogen and oxygen atoms in total. The largest absolute Gasteiger partial charge is 0.476 e. The van der Waals surface area contributed by atoms with Crippen LogP contribution in [0.5, 0.6) is 0 Å². The summed E-state index contributed by atoms with van der Waals surface area (Å²) in [7, 11) is 0. The Labute approximate surface area is 105 Å². The van der Waals surface area contributed by atoms with Crippen molar-refractivity contribution in [2.75, 3.05) is 5.32 Å². The molecule has 17 heavy (non-hydrogen) atoms. The number of aromatic carboxylic acids is 1. The number of halogens is 2. The van der Waals surface area contributed by atoms with Gasteiger partial charge in [-0.2, -0.15) is 0 Å². The van der Waals surface area contributed by atoms with Crippen molar-refractivity contribution >= 4 is 39.6 Å². The number of rotatable bonds is 3. The molecule has 7 heteroatoms. The van der Waals surface area contributed by atoms with E-state index in [1.807, 2.05) is 0 Å². The molecule has 0 amide bonds. The van der Waals surface area contributed by atoms with Gasteiger partial charge in [-0.25, -0.2) is 14.2 Å². The summed E-state index contributed by atoms with van der Waals surface area (Å²) in [5.74, 6) is -1.65. The molecule has 88 valence electrons. The van der Waals surface area contributed by atoms with Gasteiger partial charge in [0.05, 0.1) is 10.5 Å². The smallest absolute Gasteiger partial charge is 0.357 e. The molecule has 0 bridgehead atoms. The van der Waals surface area contributed by atoms with E-state index in [0.29, 0.717) is 10.7 Å². The highest BCUT2D eigenvalue weighted by atomic mass is 35.5. The van der Waals surface area contributed by atoms with Crippen LogP contribution in [0.15, 0.2) is 23.7 Å². The molecule has 2 N–H and O–H groups in total. The highest BCUT2D eigenvalue weighted by Crippen LogP contribution is 2.27. The zero-order chi connectivity index (χ0) is 12.4. The molecule has 0 atom stereocenters. The molecule has 0 saturated heterocycles. The first-order valence-electron chi connectivity index (χ1n) is 4.47. The predicted octanol–water partition coefficient (Wildman–Crippen LogP) is 3.38. The minimum atomic E-state index is -1.12. The fourth-order valence-corrected chi connectivity index (χ4v) is 2.06. The molecule has 1 aromatic carbocycles. The van der Waals surface area contributed by atoms with Crippen LogP contribution < -0.4 is 5.32 Å². The molecule has 1 heterocycles. The van der Waals surface area contributed by atoms with Crippen LogP contribution in [0.4, 0.5) is 15.1 Å². The van der Waals surface area contributed by atoms with Crippen LogP contribution >= 0.6 is 22.9 Å². The van der Waals surface area contributed by atoms with E-state index < -0.39 is 11.8 Å². The number of hydrogen-bond acceptors (Lipinski definition) is 4. The van der Waals surface area contributed by atoms with Gasteiger partial charge in [-0.1, -0.05) is 11.6 Å². The Hall–Kier alpha value is -1.66. The molecular weight excluding hydrogens is 267 g/mol. The average Bonchev–Trinajstić information content (AvgIpc) is 2.72. The molecule has 1 aromatic heterocycles. The summed E-state index contributed by atoms with van der Waals surface area (Å²) in [5, 5.41) is 12.0. The lowest BCUT2D eigenvalue weighted by Crippen LogP contribution is -2.01. The first kappa shape index (κ1) is 11.8. The lowest BCUT2D eigenvalue weighted by molar-refractivity contribution is 0.0692. The van der Waals surface area contributed by atoms with Crippen molar-refractivity contribution in [3.63, 3.8) is 0 Å². The quantitative estimate of drug-likeness (QED) is 0.899. The van der Waals surface area contributed by atoms with Crippen LogP contribution in [-0.4, -0.2) is 16.1 Å². The lowest BCUT2D eigenvalue weighted by Gasteiger charge is -2.05. The fraction of sp³-hybridized carbons (Fsp3) is 0. The summed E-state index contributed by atoms with van der Waals surface area (Å²) in [4.78, 5) is 14.5. The predicted molar refractivity (Wildman–Crippen MR) is 63.8 cm³/mol. The van der Waals surface area contributed by atoms with E-state index in [-0.39, 0.29) is 10.7 Å². The summed E-state index contributed by atoms with van der Waals surface area (Å²) in [6.07, 6.45) is 0. The standard InChI is InChI=1S/C10H6ClFN2O2S/c11-6-3-5(1-2-7(6)12)14-9-8(10(15)16)13-4-17-9/h1-4,14H,(H,15,16). The van der Waals surface area contributed by atoms with Crippen molar-refractivity contribution in [2.24, 2.45) is 0 Å². The summed E-state index contributed by atoms with van der Waals surface area (Å²) >= 11 is 6.76. The second-order valence-corrected chi connectivity index (χ2v) is 4.35. The summed E-state index contributed by atoms with van der Waals surface area (Å²) in [6, 6.07) is 4.04. The molecule has 0 aliphatic carbocycles. The van der Waals surface area contributed by atoms with Gasteiger partial charge in [-0.3, -0.25) is 0 Å². The molecule has 0 aliphatic rings. The molecular formula is C10H6ClFN2O2S. The van der Waals surface area contributed by atoms with E-state index in [4.69, 9.17) is 16.7 Å². The van der Waals surface area contributed by atoms with Gasteiger partial charge in [0.2, 0.25) is 0 Å². The first-order valence-corrected chi connectivity index (χ1v) is 5.72. The maximum Gasteiger partial charge on any atom is 0.357 e. The highest BCUT2D eigenvalue weighted by molar-refractivity contribution is 7.14. The Morgan fingerprint density at radius 3 is 2.94 bits per heavy atom. The number of nitrogens with zero attached hydrogens (tertiary/aromatic N) is 1. The summed E-state index contributed by atoms with van der Waals surface area (Å²) in [6.45, 7) is 0. The van der Waals surface area contributed by atoms with Crippen molar-refractivity contribution < 1.29 is 14.3 Å². The van der Waals surface area contributed by atoms with Crippen LogP contribution in [0.3, 0.4) is 0 Å². The number of anilines is 2. The van der Waals surface area contributed by atoms with Crippen LogP contribution in [0.2, 0.25) is 5.02 Å². The Morgan fingerprint density at radius 1 is 1.53 bits per heavy atom. The number of thiazole rings is 1. The zero-order valence-electron chi connectivity index (χ0n) is 8.28. The van der Waals surface area contributed by atoms with E-state index in [1.165, 1.54) is 23.7 Å². The second-order valence-electron chi connectivity index (χ2n) is 3.09. The third kappa shape index (κ3) is 2.54. The first-order chi connectivity index (χ1) is 8.08. The van der Waals surface area contributed by atoms with Gasteiger partial charge < -0.3 is 10.4 Å². The topological polar surface area (TPSA) is 62.2 Å². The van der Waals surface area contributed by atoms with Gasteiger partial charge in [-0.15, -0.1) is 11.3 Å². The molecule has 0 radical (unpaired) electrons. The Balaban J connectivity index is 2.28. The van der Waals surface area contributed by atoms with Gasteiger partial charge in [-0.05, 0) is 18.2 Å². The monoisotopic (exact) mass is 272 g/mol. The highest BCUT2D eigenvalue weighted by Gasteiger charge is 2.13. The Kier molecular flexibility index (Phi) is 3.26. The van der Waals surface area contributed by atoms with Crippen LogP contribution in [0.25, 0.3) is 0 Å². The van der Waals surface area contributed by atoms with Gasteiger partial charge in [0.15, 0.2) is 5.69 Å². The molecule has 0 spiro atoms. The number of benzene rings is 1. The molecule has 0 saturated carbocycles. The zero-order valence-corrected chi connectivity index (χ0v) is 9.85. The minimum Gasteiger partial charge on any atom is -0.476 e. The van der Waals surface area contributed by atoms with E-state index in [9.17, 15) is 9.18 Å². The van der Waals surface area contributed by atoms with Crippen molar-refractivity contribution in [1.82, 2.24) is 4.98 Å². The Bertz CT molecular complexity index is 573. The van der Waals surface area contributed by atoms with Crippen LogP contribution in [0, 0.1) is 5.82 Å². The molecule has 0 aliphatic heterocycles. The second kappa shape index (κ2) is 4.68. The van der Waals surface area contributed by atoms with Gasteiger partial charge in [0.25, 0.3) is 0 Å². The normalized spacial score (nSPS) is 10.2. The number of carboxylic acid groups (broad SMARTS) is 1. The number of hydrogen-bond donors (Lipinski definition) is 2. The summed E-state index contributed by atoms with van der Waals surface area (Å²) in [5.41, 5.74) is 1.84. The van der Waals surface area contributed by atoms with Crippen molar-refractivity contribution in [3.05, 3.63) is 40.2 Å². The third-order valence-electron chi connectivity index (χ3n) is 1.95. The number of carbonyl (C=O) groups is 1. The molecule has 2 aromatic rings. The van der Waals surface area contributed by atoms with Crippen molar-refractivity contribution in [3.8, 4) is 0 Å². The maximum atomic E-state index is 12.9. The minimum absolute atomic E-state index is 0.0311. The van der Waals surface area contributed by atoms with E-state index in [2.05, 4.69) is 10.3 Å². The fourth-order valence-electron chi connectivity index (χ4n) is 1.19. The van der Waals surface area contributed by atoms with Gasteiger partial charge in [0.1, 0.15) is 10.8 Å². The number of aromatic nitrogens is 1. The van der Waals surface area contributed by atoms with Crippen LogP contribution in [0.1, 0.15) is 10.5 Å². The SMILES string of the molecule is O=C(O)c1ncsc1Nc1ccc(F)c(Cl)c1. The Morgan fingerprint density at radius 2 is 2.29 bits per heavy atom. The summed E-state index contributed by atoms with van der Waals surface area (Å²) < 4.78 is 12.9. The van der Waals surface area contributed by atoms with Gasteiger partial charge >= 0.3 is 5.97 Å². The number of nitrogens with one attached hydrogen (secondary N) is 1. The molecule has 0 unspecified atom stereocenters. The van der Waals surface area contributed by atoms with E-state index in [0.717, 1.165) is 11.3 Å². The van der Waals surface area contributed by atoms with Crippen molar-refractivity contribution in [2.45, 2.75) is 0 Å². The average molecular weight is 273 g/mol. The third-order valence-corrected chi connectivity index (χ3v) is 2.98.